The molecule has 5 nitrogen and oxygen atoms in total. The molecule has 1 aromatic carbocycles. The second-order valence-corrected chi connectivity index (χ2v) is 6.30. The van der Waals surface area contributed by atoms with Gasteiger partial charge in [-0.15, -0.1) is 0 Å². The zero-order valence-corrected chi connectivity index (χ0v) is 12.8. The fourth-order valence-corrected chi connectivity index (χ4v) is 3.16. The largest absolute Gasteiger partial charge is 0.494 e. The molecule has 0 amide bonds. The summed E-state index contributed by atoms with van der Waals surface area (Å²) < 4.78 is 32.0. The van der Waals surface area contributed by atoms with Crippen molar-refractivity contribution in [3.05, 3.63) is 53.8 Å². The molecule has 1 N–H and O–H groups in total. The minimum absolute atomic E-state index is 0.0179. The highest BCUT2D eigenvalue weighted by molar-refractivity contribution is 7.89. The number of hydrogen-bond donors (Lipinski definition) is 1. The molecular weight excluding hydrogens is 312 g/mol. The molecule has 1 heterocycles. The maximum Gasteiger partial charge on any atom is 0.243 e. The number of benzene rings is 1. The highest BCUT2D eigenvalue weighted by Crippen LogP contribution is 2.17. The van der Waals surface area contributed by atoms with Gasteiger partial charge in [-0.1, -0.05) is 29.8 Å². The molecule has 1 aromatic heterocycles. The summed E-state index contributed by atoms with van der Waals surface area (Å²) in [7, 11) is -3.64. The Morgan fingerprint density at radius 2 is 1.90 bits per heavy atom. The van der Waals surface area contributed by atoms with E-state index in [1.54, 1.807) is 0 Å². The fraction of sp³-hybridized carbons (Fsp3) is 0.214. The third-order valence-corrected chi connectivity index (χ3v) is 4.55. The predicted octanol–water partition coefficient (Wildman–Crippen LogP) is 2.48. The first kappa shape index (κ1) is 15.8. The summed E-state index contributed by atoms with van der Waals surface area (Å²) in [6, 6.07) is 12.3. The number of nitrogens with zero attached hydrogens (tertiary/aromatic N) is 1. The third-order valence-electron chi connectivity index (χ3n) is 2.64. The summed E-state index contributed by atoms with van der Waals surface area (Å²) in [4.78, 5) is 3.73. The van der Waals surface area contributed by atoms with Crippen molar-refractivity contribution in [3.63, 3.8) is 0 Å². The molecule has 112 valence electrons. The van der Waals surface area contributed by atoms with E-state index in [4.69, 9.17) is 16.3 Å². The van der Waals surface area contributed by atoms with Crippen LogP contribution in [0.5, 0.6) is 5.75 Å². The molecule has 0 saturated heterocycles. The van der Waals surface area contributed by atoms with Gasteiger partial charge in [0.2, 0.25) is 10.0 Å². The zero-order valence-electron chi connectivity index (χ0n) is 11.2. The lowest BCUT2D eigenvalue weighted by Gasteiger charge is -2.08. The molecule has 0 aliphatic carbocycles. The van der Waals surface area contributed by atoms with Crippen LogP contribution < -0.4 is 9.46 Å². The third kappa shape index (κ3) is 4.70. The average molecular weight is 327 g/mol. The SMILES string of the molecule is O=S(=O)(NCCCOc1ccccc1)c1cccnc1Cl. The molecule has 0 spiro atoms. The Balaban J connectivity index is 1.79. The van der Waals surface area contributed by atoms with Gasteiger partial charge in [-0.05, 0) is 30.7 Å². The highest BCUT2D eigenvalue weighted by atomic mass is 35.5. The van der Waals surface area contributed by atoms with Crippen molar-refractivity contribution in [2.45, 2.75) is 11.3 Å². The van der Waals surface area contributed by atoms with Crippen LogP contribution in [-0.2, 0) is 10.0 Å². The smallest absolute Gasteiger partial charge is 0.243 e. The minimum Gasteiger partial charge on any atom is -0.494 e. The van der Waals surface area contributed by atoms with Crippen LogP contribution in [0.3, 0.4) is 0 Å². The summed E-state index contributed by atoms with van der Waals surface area (Å²) >= 11 is 5.77. The van der Waals surface area contributed by atoms with Crippen LogP contribution in [-0.4, -0.2) is 26.6 Å². The lowest BCUT2D eigenvalue weighted by Crippen LogP contribution is -2.26. The number of hydrogen-bond acceptors (Lipinski definition) is 4. The first-order chi connectivity index (χ1) is 10.1. The molecule has 2 rings (SSSR count). The van der Waals surface area contributed by atoms with Gasteiger partial charge in [0.25, 0.3) is 0 Å². The number of halogens is 1. The van der Waals surface area contributed by atoms with E-state index >= 15 is 0 Å². The topological polar surface area (TPSA) is 68.3 Å². The molecular formula is C14H15ClN2O3S. The highest BCUT2D eigenvalue weighted by Gasteiger charge is 2.17. The maximum absolute atomic E-state index is 12.0. The van der Waals surface area contributed by atoms with Crippen molar-refractivity contribution in [1.82, 2.24) is 9.71 Å². The van der Waals surface area contributed by atoms with E-state index in [9.17, 15) is 8.42 Å². The van der Waals surface area contributed by atoms with Gasteiger partial charge in [-0.3, -0.25) is 0 Å². The van der Waals surface area contributed by atoms with Crippen molar-refractivity contribution in [2.75, 3.05) is 13.2 Å². The Morgan fingerprint density at radius 3 is 2.62 bits per heavy atom. The Labute approximate surface area is 129 Å². The zero-order chi connectivity index (χ0) is 15.1. The van der Waals surface area contributed by atoms with Gasteiger partial charge in [-0.25, -0.2) is 18.1 Å². The Kier molecular flexibility index (Phi) is 5.55. The number of ether oxygens (including phenoxy) is 1. The number of para-hydroxylation sites is 1. The second-order valence-electron chi connectivity index (χ2n) is 4.21. The summed E-state index contributed by atoms with van der Waals surface area (Å²) in [6.45, 7) is 0.688. The number of pyridine rings is 1. The average Bonchev–Trinajstić information content (AvgIpc) is 2.48. The first-order valence-corrected chi connectivity index (χ1v) is 8.24. The minimum atomic E-state index is -3.64. The first-order valence-electron chi connectivity index (χ1n) is 6.37. The molecule has 0 unspecified atom stereocenters. The van der Waals surface area contributed by atoms with E-state index in [1.807, 2.05) is 30.3 Å². The predicted molar refractivity (Wildman–Crippen MR) is 81.0 cm³/mol. The van der Waals surface area contributed by atoms with E-state index in [-0.39, 0.29) is 16.6 Å². The van der Waals surface area contributed by atoms with E-state index < -0.39 is 10.0 Å². The maximum atomic E-state index is 12.0. The number of rotatable bonds is 7. The van der Waals surface area contributed by atoms with Crippen molar-refractivity contribution in [2.24, 2.45) is 0 Å². The molecule has 7 heteroatoms. The number of nitrogens with one attached hydrogen (secondary N) is 1. The van der Waals surface area contributed by atoms with Crippen molar-refractivity contribution in [3.8, 4) is 5.75 Å². The second kappa shape index (κ2) is 7.40. The Bertz CT molecular complexity index is 678. The van der Waals surface area contributed by atoms with Gasteiger partial charge in [-0.2, -0.15) is 0 Å². The van der Waals surface area contributed by atoms with Crippen LogP contribution in [0.4, 0.5) is 0 Å². The van der Waals surface area contributed by atoms with Gasteiger partial charge in [0.1, 0.15) is 15.8 Å². The molecule has 2 aromatic rings. The van der Waals surface area contributed by atoms with Gasteiger partial charge < -0.3 is 4.74 Å². The van der Waals surface area contributed by atoms with Gasteiger partial charge in [0.05, 0.1) is 6.61 Å². The monoisotopic (exact) mass is 326 g/mol. The standard InChI is InChI=1S/C14H15ClN2O3S/c15-14-13(8-4-9-16-14)21(18,19)17-10-5-11-20-12-6-2-1-3-7-12/h1-4,6-9,17H,5,10-11H2. The van der Waals surface area contributed by atoms with Crippen LogP contribution in [0.15, 0.2) is 53.6 Å². The summed E-state index contributed by atoms with van der Waals surface area (Å²) in [5.41, 5.74) is 0. The van der Waals surface area contributed by atoms with Crippen LogP contribution in [0.2, 0.25) is 5.15 Å². The Hall–Kier alpha value is -1.63. The lowest BCUT2D eigenvalue weighted by atomic mass is 10.3. The molecule has 0 fully saturated rings. The molecule has 0 radical (unpaired) electrons. The van der Waals surface area contributed by atoms with Gasteiger partial charge >= 0.3 is 0 Å². The lowest BCUT2D eigenvalue weighted by molar-refractivity contribution is 0.311. The molecule has 0 saturated carbocycles. The molecule has 0 atom stereocenters. The van der Waals surface area contributed by atoms with Crippen LogP contribution >= 0.6 is 11.6 Å². The van der Waals surface area contributed by atoms with Gasteiger partial charge in [0.15, 0.2) is 0 Å². The van der Waals surface area contributed by atoms with Crippen molar-refractivity contribution >= 4 is 21.6 Å². The number of aromatic nitrogens is 1. The van der Waals surface area contributed by atoms with Crippen LogP contribution in [0.25, 0.3) is 0 Å². The fourth-order valence-electron chi connectivity index (χ4n) is 1.63. The van der Waals surface area contributed by atoms with Crippen LogP contribution in [0, 0.1) is 0 Å². The number of sulfonamides is 1. The summed E-state index contributed by atoms with van der Waals surface area (Å²) in [5, 5.41) is -0.0365. The van der Waals surface area contributed by atoms with E-state index in [0.29, 0.717) is 13.0 Å². The quantitative estimate of drug-likeness (QED) is 0.627. The molecule has 0 aliphatic rings. The van der Waals surface area contributed by atoms with Crippen molar-refractivity contribution < 1.29 is 13.2 Å². The Morgan fingerprint density at radius 1 is 1.14 bits per heavy atom. The van der Waals surface area contributed by atoms with Gasteiger partial charge in [0, 0.05) is 12.7 Å². The van der Waals surface area contributed by atoms with Crippen LogP contribution in [0.1, 0.15) is 6.42 Å². The summed E-state index contributed by atoms with van der Waals surface area (Å²) in [5.74, 6) is 0.760. The molecule has 21 heavy (non-hydrogen) atoms. The molecule has 0 aliphatic heterocycles. The summed E-state index contributed by atoms with van der Waals surface area (Å²) in [6.07, 6.45) is 1.99. The van der Waals surface area contributed by atoms with E-state index in [0.717, 1.165) is 5.75 Å². The van der Waals surface area contributed by atoms with Crippen molar-refractivity contribution in [1.29, 1.82) is 0 Å². The van der Waals surface area contributed by atoms with E-state index in [1.165, 1.54) is 18.3 Å². The normalized spacial score (nSPS) is 11.3. The van der Waals surface area contributed by atoms with E-state index in [2.05, 4.69) is 9.71 Å². The molecule has 0 bridgehead atoms.